The smallest absolute Gasteiger partial charge is 0.128 e. The van der Waals surface area contributed by atoms with E-state index in [-0.39, 0.29) is 0 Å². The lowest BCUT2D eigenvalue weighted by atomic mass is 10.2. The predicted octanol–water partition coefficient (Wildman–Crippen LogP) is 5.71. The van der Waals surface area contributed by atoms with Crippen molar-refractivity contribution in [1.82, 2.24) is 14.8 Å². The summed E-state index contributed by atoms with van der Waals surface area (Å²) in [6.45, 7) is 0.710. The summed E-state index contributed by atoms with van der Waals surface area (Å²) >= 11 is 8.87. The summed E-state index contributed by atoms with van der Waals surface area (Å²) < 4.78 is 9.95. The standard InChI is InChI=1S/C17H15Br2N3OS/c1-22-13-5-8-24-17(13)16(21-22)15-14(19)11-4-3-10(9-12(11)20-15)23-7-2-6-18/h3-5,8-9,20H,2,6-7H2,1H3. The van der Waals surface area contributed by atoms with Gasteiger partial charge >= 0.3 is 0 Å². The molecule has 0 aliphatic heterocycles. The minimum absolute atomic E-state index is 0.710. The summed E-state index contributed by atoms with van der Waals surface area (Å²) in [6.07, 6.45) is 0.988. The van der Waals surface area contributed by atoms with Crippen LogP contribution in [0.5, 0.6) is 5.75 Å². The van der Waals surface area contributed by atoms with Crippen molar-refractivity contribution in [3.8, 4) is 17.1 Å². The molecule has 1 aromatic carbocycles. The number of nitrogens with zero attached hydrogens (tertiary/aromatic N) is 2. The minimum atomic E-state index is 0.710. The van der Waals surface area contributed by atoms with Gasteiger partial charge in [0.1, 0.15) is 11.4 Å². The van der Waals surface area contributed by atoms with E-state index in [2.05, 4.69) is 59.5 Å². The zero-order valence-corrected chi connectivity index (χ0v) is 17.0. The average molecular weight is 469 g/mol. The van der Waals surface area contributed by atoms with Crippen LogP contribution < -0.4 is 4.74 Å². The van der Waals surface area contributed by atoms with Gasteiger partial charge in [0.2, 0.25) is 0 Å². The molecule has 0 amide bonds. The van der Waals surface area contributed by atoms with Crippen LogP contribution in [0.15, 0.2) is 34.1 Å². The molecule has 0 radical (unpaired) electrons. The third kappa shape index (κ3) is 2.68. The molecule has 7 heteroatoms. The van der Waals surface area contributed by atoms with Crippen LogP contribution in [0.2, 0.25) is 0 Å². The number of hydrogen-bond acceptors (Lipinski definition) is 3. The van der Waals surface area contributed by atoms with Gasteiger partial charge in [0.25, 0.3) is 0 Å². The molecular formula is C17H15Br2N3OS. The normalized spacial score (nSPS) is 11.6. The largest absolute Gasteiger partial charge is 0.493 e. The van der Waals surface area contributed by atoms with E-state index in [9.17, 15) is 0 Å². The maximum absolute atomic E-state index is 5.79. The number of fused-ring (bicyclic) bond motifs is 2. The molecule has 0 aliphatic rings. The molecule has 0 fully saturated rings. The molecule has 0 spiro atoms. The van der Waals surface area contributed by atoms with Crippen molar-refractivity contribution in [3.63, 3.8) is 0 Å². The van der Waals surface area contributed by atoms with E-state index in [1.54, 1.807) is 11.3 Å². The molecule has 24 heavy (non-hydrogen) atoms. The molecule has 3 heterocycles. The average Bonchev–Trinajstić information content (AvgIpc) is 3.25. The fourth-order valence-electron chi connectivity index (χ4n) is 2.79. The summed E-state index contributed by atoms with van der Waals surface area (Å²) in [7, 11) is 1.98. The topological polar surface area (TPSA) is 42.8 Å². The van der Waals surface area contributed by atoms with Gasteiger partial charge in [0.15, 0.2) is 0 Å². The maximum Gasteiger partial charge on any atom is 0.128 e. The van der Waals surface area contributed by atoms with E-state index in [1.807, 2.05) is 23.9 Å². The quantitative estimate of drug-likeness (QED) is 0.301. The predicted molar refractivity (Wildman–Crippen MR) is 107 cm³/mol. The van der Waals surface area contributed by atoms with Gasteiger partial charge in [0, 0.05) is 23.8 Å². The Balaban J connectivity index is 1.79. The van der Waals surface area contributed by atoms with Crippen LogP contribution in [0.25, 0.3) is 32.5 Å². The maximum atomic E-state index is 5.79. The van der Waals surface area contributed by atoms with Crippen LogP contribution >= 0.6 is 43.2 Å². The molecule has 4 nitrogen and oxygen atoms in total. The van der Waals surface area contributed by atoms with Crippen LogP contribution in [0, 0.1) is 0 Å². The zero-order chi connectivity index (χ0) is 16.7. The molecular weight excluding hydrogens is 454 g/mol. The first kappa shape index (κ1) is 16.2. The Bertz CT molecular complexity index is 1020. The van der Waals surface area contributed by atoms with E-state index in [1.165, 1.54) is 4.70 Å². The molecule has 0 bridgehead atoms. The number of benzene rings is 1. The van der Waals surface area contributed by atoms with Crippen LogP contribution in [0.3, 0.4) is 0 Å². The number of aryl methyl sites for hydroxylation is 1. The van der Waals surface area contributed by atoms with Crippen LogP contribution in [-0.4, -0.2) is 26.7 Å². The van der Waals surface area contributed by atoms with Gasteiger partial charge in [-0.2, -0.15) is 5.10 Å². The Morgan fingerprint density at radius 3 is 3.04 bits per heavy atom. The van der Waals surface area contributed by atoms with Gasteiger partial charge in [-0.15, -0.1) is 11.3 Å². The van der Waals surface area contributed by atoms with Crippen molar-refractivity contribution in [3.05, 3.63) is 34.1 Å². The van der Waals surface area contributed by atoms with Gasteiger partial charge in [-0.3, -0.25) is 4.68 Å². The Morgan fingerprint density at radius 1 is 1.33 bits per heavy atom. The molecule has 124 valence electrons. The number of aromatic nitrogens is 3. The summed E-state index contributed by atoms with van der Waals surface area (Å²) in [6, 6.07) is 8.24. The second-order valence-electron chi connectivity index (χ2n) is 5.52. The fraction of sp³-hybridized carbons (Fsp3) is 0.235. The number of hydrogen-bond donors (Lipinski definition) is 1. The highest BCUT2D eigenvalue weighted by Gasteiger charge is 2.18. The fourth-order valence-corrected chi connectivity index (χ4v) is 4.56. The summed E-state index contributed by atoms with van der Waals surface area (Å²) in [5.41, 5.74) is 4.19. The van der Waals surface area contributed by atoms with Gasteiger partial charge in [0.05, 0.1) is 32.5 Å². The molecule has 0 unspecified atom stereocenters. The first-order valence-electron chi connectivity index (χ1n) is 7.59. The minimum Gasteiger partial charge on any atom is -0.493 e. The van der Waals surface area contributed by atoms with Crippen LogP contribution in [0.1, 0.15) is 6.42 Å². The number of aromatic amines is 1. The second-order valence-corrected chi connectivity index (χ2v) is 8.02. The number of nitrogens with one attached hydrogen (secondary N) is 1. The van der Waals surface area contributed by atoms with Crippen molar-refractivity contribution in [2.24, 2.45) is 7.05 Å². The number of H-pyrrole nitrogens is 1. The van der Waals surface area contributed by atoms with Crippen molar-refractivity contribution in [1.29, 1.82) is 0 Å². The monoisotopic (exact) mass is 467 g/mol. The number of thiophene rings is 1. The van der Waals surface area contributed by atoms with Crippen molar-refractivity contribution < 1.29 is 4.74 Å². The lowest BCUT2D eigenvalue weighted by Gasteiger charge is -2.04. The van der Waals surface area contributed by atoms with Gasteiger partial charge in [-0.05, 0) is 45.9 Å². The zero-order valence-electron chi connectivity index (χ0n) is 13.0. The summed E-state index contributed by atoms with van der Waals surface area (Å²) in [4.78, 5) is 3.50. The highest BCUT2D eigenvalue weighted by molar-refractivity contribution is 9.10. The number of alkyl halides is 1. The Kier molecular flexibility index (Phi) is 4.40. The highest BCUT2D eigenvalue weighted by Crippen LogP contribution is 2.39. The summed E-state index contributed by atoms with van der Waals surface area (Å²) in [5.74, 6) is 0.881. The molecule has 1 N–H and O–H groups in total. The molecule has 0 aliphatic carbocycles. The Morgan fingerprint density at radius 2 is 2.21 bits per heavy atom. The van der Waals surface area contributed by atoms with Crippen LogP contribution in [0.4, 0.5) is 0 Å². The Labute approximate surface area is 160 Å². The third-order valence-corrected chi connectivity index (χ3v) is 6.24. The number of ether oxygens (including phenoxy) is 1. The van der Waals surface area contributed by atoms with E-state index >= 15 is 0 Å². The number of halogens is 2. The van der Waals surface area contributed by atoms with Crippen LogP contribution in [-0.2, 0) is 7.05 Å². The second kappa shape index (κ2) is 6.54. The molecule has 0 saturated heterocycles. The molecule has 0 atom stereocenters. The van der Waals surface area contributed by atoms with E-state index in [0.717, 1.165) is 49.8 Å². The van der Waals surface area contributed by atoms with Gasteiger partial charge in [-0.1, -0.05) is 15.9 Å². The Hall–Kier alpha value is -1.31. The van der Waals surface area contributed by atoms with E-state index in [4.69, 9.17) is 4.74 Å². The SMILES string of the molecule is Cn1nc(-c2[nH]c3cc(OCCCBr)ccc3c2Br)c2sccc21. The third-order valence-electron chi connectivity index (χ3n) is 3.95. The first-order chi connectivity index (χ1) is 11.7. The molecule has 0 saturated carbocycles. The molecule has 4 rings (SSSR count). The highest BCUT2D eigenvalue weighted by atomic mass is 79.9. The lowest BCUT2D eigenvalue weighted by Crippen LogP contribution is -1.97. The lowest BCUT2D eigenvalue weighted by molar-refractivity contribution is 0.319. The van der Waals surface area contributed by atoms with Gasteiger partial charge in [-0.25, -0.2) is 0 Å². The summed E-state index contributed by atoms with van der Waals surface area (Å²) in [5, 5.41) is 8.87. The first-order valence-corrected chi connectivity index (χ1v) is 10.4. The van der Waals surface area contributed by atoms with Crippen molar-refractivity contribution in [2.75, 3.05) is 11.9 Å². The molecule has 3 aromatic heterocycles. The number of rotatable bonds is 5. The van der Waals surface area contributed by atoms with Crippen molar-refractivity contribution in [2.45, 2.75) is 6.42 Å². The van der Waals surface area contributed by atoms with Gasteiger partial charge < -0.3 is 9.72 Å². The molecule has 4 aromatic rings. The van der Waals surface area contributed by atoms with Crippen molar-refractivity contribution >= 4 is 64.3 Å². The van der Waals surface area contributed by atoms with E-state index in [0.29, 0.717) is 6.61 Å². The van der Waals surface area contributed by atoms with E-state index < -0.39 is 0 Å².